The van der Waals surface area contributed by atoms with Crippen LogP contribution in [0.1, 0.15) is 12.0 Å². The number of benzene rings is 1. The molecule has 8 heteroatoms. The summed E-state index contributed by atoms with van der Waals surface area (Å²) in [6.07, 6.45) is -8.60. The van der Waals surface area contributed by atoms with Crippen molar-refractivity contribution in [3.8, 4) is 5.75 Å². The van der Waals surface area contributed by atoms with Crippen LogP contribution in [0.3, 0.4) is 0 Å². The molecule has 0 saturated heterocycles. The Balaban J connectivity index is 3.14. The van der Waals surface area contributed by atoms with E-state index in [4.69, 9.17) is 0 Å². The summed E-state index contributed by atoms with van der Waals surface area (Å²) in [5.41, 5.74) is -1.49. The van der Waals surface area contributed by atoms with Crippen molar-refractivity contribution in [3.05, 3.63) is 29.3 Å². The Morgan fingerprint density at radius 1 is 1.06 bits per heavy atom. The Kier molecular flexibility index (Phi) is 3.30. The van der Waals surface area contributed by atoms with Gasteiger partial charge in [0.1, 0.15) is 5.75 Å². The van der Waals surface area contributed by atoms with E-state index >= 15 is 0 Å². The highest BCUT2D eigenvalue weighted by molar-refractivity contribution is 5.31. The summed E-state index contributed by atoms with van der Waals surface area (Å²) in [5, 5.41) is 0. The molecule has 0 spiro atoms. The molecular weight excluding hydrogens is 245 g/mol. The molecule has 0 aliphatic rings. The van der Waals surface area contributed by atoms with Crippen LogP contribution in [0.4, 0.5) is 30.7 Å². The average molecular weight is 248 g/mol. The lowest BCUT2D eigenvalue weighted by Gasteiger charge is -2.11. The first kappa shape index (κ1) is 12.6. The molecule has 1 aromatic rings. The molecule has 1 rings (SSSR count). The number of ether oxygens (including phenoxy) is 1. The van der Waals surface area contributed by atoms with E-state index in [-0.39, 0.29) is 12.1 Å². The summed E-state index contributed by atoms with van der Waals surface area (Å²) in [4.78, 5) is 0. The maximum Gasteiger partial charge on any atom is 0.573 e. The average Bonchev–Trinajstić information content (AvgIpc) is 2.07. The van der Waals surface area contributed by atoms with Crippen LogP contribution in [0.15, 0.2) is 12.1 Å². The molecule has 0 atom stereocenters. The van der Waals surface area contributed by atoms with Crippen molar-refractivity contribution in [3.63, 3.8) is 0 Å². The molecule has 1 nitrogen and oxygen atoms in total. The molecule has 0 amide bonds. The summed E-state index contributed by atoms with van der Waals surface area (Å²) in [7, 11) is 0. The van der Waals surface area contributed by atoms with Gasteiger partial charge in [0.2, 0.25) is 0 Å². The van der Waals surface area contributed by atoms with E-state index in [1.165, 1.54) is 0 Å². The van der Waals surface area contributed by atoms with Gasteiger partial charge >= 0.3 is 6.36 Å². The predicted molar refractivity (Wildman–Crippen MR) is 38.0 cm³/mol. The smallest absolute Gasteiger partial charge is 0.406 e. The van der Waals surface area contributed by atoms with Crippen molar-refractivity contribution in [2.75, 3.05) is 0 Å². The molecular formula is C8H3F7O. The molecule has 0 heterocycles. The zero-order chi connectivity index (χ0) is 12.5. The first-order valence-electron chi connectivity index (χ1n) is 3.73. The molecule has 0 aromatic heterocycles. The number of alkyl halides is 5. The third-order valence-electron chi connectivity index (χ3n) is 1.50. The van der Waals surface area contributed by atoms with E-state index in [9.17, 15) is 30.7 Å². The van der Waals surface area contributed by atoms with Crippen molar-refractivity contribution in [1.82, 2.24) is 0 Å². The van der Waals surface area contributed by atoms with Crippen LogP contribution in [0.5, 0.6) is 5.75 Å². The quantitative estimate of drug-likeness (QED) is 0.723. The van der Waals surface area contributed by atoms with Gasteiger partial charge in [0.15, 0.2) is 11.6 Å². The molecule has 16 heavy (non-hydrogen) atoms. The summed E-state index contributed by atoms with van der Waals surface area (Å²) in [6.45, 7) is 0. The maximum absolute atomic E-state index is 12.7. The maximum atomic E-state index is 12.7. The van der Waals surface area contributed by atoms with E-state index in [0.717, 1.165) is 0 Å². The molecule has 0 N–H and O–H groups in total. The molecule has 0 fully saturated rings. The fourth-order valence-corrected chi connectivity index (χ4v) is 0.936. The molecule has 0 unspecified atom stereocenters. The molecule has 0 aliphatic heterocycles. The summed E-state index contributed by atoms with van der Waals surface area (Å²) in [6, 6.07) is 0.130. The van der Waals surface area contributed by atoms with E-state index in [0.29, 0.717) is 0 Å². The number of hydrogen-bond acceptors (Lipinski definition) is 1. The lowest BCUT2D eigenvalue weighted by molar-refractivity contribution is -0.274. The highest BCUT2D eigenvalue weighted by atomic mass is 19.4. The van der Waals surface area contributed by atoms with Crippen molar-refractivity contribution in [2.24, 2.45) is 0 Å². The largest absolute Gasteiger partial charge is 0.573 e. The fraction of sp³-hybridized carbons (Fsp3) is 0.250. The Hall–Kier alpha value is -1.47. The lowest BCUT2D eigenvalue weighted by atomic mass is 10.2. The number of rotatable bonds is 2. The van der Waals surface area contributed by atoms with Gasteiger partial charge in [-0.25, -0.2) is 17.6 Å². The molecule has 0 aliphatic carbocycles. The van der Waals surface area contributed by atoms with Crippen LogP contribution in [-0.4, -0.2) is 6.36 Å². The second kappa shape index (κ2) is 4.18. The molecule has 0 saturated carbocycles. The van der Waals surface area contributed by atoms with Crippen molar-refractivity contribution in [1.29, 1.82) is 0 Å². The highest BCUT2D eigenvalue weighted by Gasteiger charge is 2.32. The molecule has 0 radical (unpaired) electrons. The van der Waals surface area contributed by atoms with Crippen molar-refractivity contribution >= 4 is 0 Å². The van der Waals surface area contributed by atoms with Gasteiger partial charge in [0.25, 0.3) is 6.43 Å². The van der Waals surface area contributed by atoms with E-state index in [1.807, 2.05) is 0 Å². The Morgan fingerprint density at radius 2 is 1.62 bits per heavy atom. The van der Waals surface area contributed by atoms with Crippen molar-refractivity contribution in [2.45, 2.75) is 12.8 Å². The van der Waals surface area contributed by atoms with Gasteiger partial charge in [-0.15, -0.1) is 13.2 Å². The minimum atomic E-state index is -5.16. The van der Waals surface area contributed by atoms with Crippen LogP contribution in [-0.2, 0) is 0 Å². The van der Waals surface area contributed by atoms with Gasteiger partial charge in [0, 0.05) is 6.07 Å². The van der Waals surface area contributed by atoms with Crippen LogP contribution < -0.4 is 4.74 Å². The number of halogens is 7. The first-order chi connectivity index (χ1) is 7.20. The Labute approximate surface area is 84.4 Å². The zero-order valence-electron chi connectivity index (χ0n) is 7.29. The predicted octanol–water partition coefficient (Wildman–Crippen LogP) is 3.80. The minimum Gasteiger partial charge on any atom is -0.406 e. The fourth-order valence-electron chi connectivity index (χ4n) is 0.936. The van der Waals surface area contributed by atoms with Gasteiger partial charge in [-0.1, -0.05) is 0 Å². The Bertz CT molecular complexity index is 385. The van der Waals surface area contributed by atoms with E-state index < -0.39 is 35.7 Å². The monoisotopic (exact) mass is 248 g/mol. The van der Waals surface area contributed by atoms with Gasteiger partial charge in [-0.05, 0) is 6.07 Å². The second-order valence-corrected chi connectivity index (χ2v) is 2.66. The van der Waals surface area contributed by atoms with E-state index in [1.54, 1.807) is 0 Å². The summed E-state index contributed by atoms with van der Waals surface area (Å²) in [5.74, 6) is -4.97. The third kappa shape index (κ3) is 3.01. The minimum absolute atomic E-state index is 0.0364. The van der Waals surface area contributed by atoms with Crippen molar-refractivity contribution < 1.29 is 35.5 Å². The lowest BCUT2D eigenvalue weighted by Crippen LogP contribution is -2.17. The van der Waals surface area contributed by atoms with Gasteiger partial charge in [-0.2, -0.15) is 0 Å². The van der Waals surface area contributed by atoms with Crippen LogP contribution in [0.2, 0.25) is 0 Å². The SMILES string of the molecule is Fc1cc(OC(F)(F)F)cc(C(F)F)c1F. The number of hydrogen-bond donors (Lipinski definition) is 0. The molecule has 90 valence electrons. The first-order valence-corrected chi connectivity index (χ1v) is 3.73. The van der Waals surface area contributed by atoms with Gasteiger partial charge < -0.3 is 4.74 Å². The molecule has 0 bridgehead atoms. The van der Waals surface area contributed by atoms with Crippen LogP contribution >= 0.6 is 0 Å². The summed E-state index contributed by atoms with van der Waals surface area (Å²) < 4.78 is 87.7. The Morgan fingerprint density at radius 3 is 2.06 bits per heavy atom. The second-order valence-electron chi connectivity index (χ2n) is 2.66. The van der Waals surface area contributed by atoms with Crippen LogP contribution in [0.25, 0.3) is 0 Å². The van der Waals surface area contributed by atoms with Gasteiger partial charge in [-0.3, -0.25) is 0 Å². The molecule has 1 aromatic carbocycles. The van der Waals surface area contributed by atoms with E-state index in [2.05, 4.69) is 4.74 Å². The highest BCUT2D eigenvalue weighted by Crippen LogP contribution is 2.31. The van der Waals surface area contributed by atoms with Crippen LogP contribution in [0, 0.1) is 11.6 Å². The zero-order valence-corrected chi connectivity index (χ0v) is 7.29. The summed E-state index contributed by atoms with van der Waals surface area (Å²) >= 11 is 0. The topological polar surface area (TPSA) is 9.23 Å². The normalized spacial score (nSPS) is 12.0. The third-order valence-corrected chi connectivity index (χ3v) is 1.50. The standard InChI is InChI=1S/C8H3F7O/c9-5-2-3(16-8(13,14)15)1-4(6(5)10)7(11)12/h1-2,7H. The van der Waals surface area contributed by atoms with Gasteiger partial charge in [0.05, 0.1) is 5.56 Å².